The van der Waals surface area contributed by atoms with Gasteiger partial charge in [0.15, 0.2) is 5.16 Å². The van der Waals surface area contributed by atoms with Gasteiger partial charge in [0.25, 0.3) is 5.56 Å². The summed E-state index contributed by atoms with van der Waals surface area (Å²) in [6, 6.07) is 22.7. The number of hydrogen-bond acceptors (Lipinski definition) is 5. The molecule has 0 atom stereocenters. The molecule has 1 amide bonds. The van der Waals surface area contributed by atoms with E-state index >= 15 is 0 Å². The Morgan fingerprint density at radius 2 is 1.58 bits per heavy atom. The number of nitrogens with zero attached hydrogens (tertiary/aromatic N) is 4. The molecule has 2 heterocycles. The Bertz CT molecular complexity index is 1540. The average molecular weight is 456 g/mol. The summed E-state index contributed by atoms with van der Waals surface area (Å²) in [5.41, 5.74) is 4.22. The Morgan fingerprint density at radius 1 is 0.909 bits per heavy atom. The van der Waals surface area contributed by atoms with Crippen molar-refractivity contribution in [3.05, 3.63) is 94.3 Å². The molecule has 0 bridgehead atoms. The van der Waals surface area contributed by atoms with Crippen LogP contribution in [0, 0.1) is 13.8 Å². The van der Waals surface area contributed by atoms with Crippen molar-refractivity contribution in [3.63, 3.8) is 0 Å². The highest BCUT2D eigenvalue weighted by molar-refractivity contribution is 7.99. The van der Waals surface area contributed by atoms with Gasteiger partial charge in [-0.25, -0.2) is 4.57 Å². The third kappa shape index (κ3) is 4.01. The number of aromatic nitrogens is 4. The summed E-state index contributed by atoms with van der Waals surface area (Å²) in [6.07, 6.45) is 0. The van der Waals surface area contributed by atoms with Gasteiger partial charge in [-0.15, -0.1) is 10.2 Å². The van der Waals surface area contributed by atoms with Crippen molar-refractivity contribution < 1.29 is 4.79 Å². The van der Waals surface area contributed by atoms with Gasteiger partial charge in [-0.2, -0.15) is 0 Å². The van der Waals surface area contributed by atoms with Crippen LogP contribution in [0.2, 0.25) is 0 Å². The highest BCUT2D eigenvalue weighted by Gasteiger charge is 2.18. The lowest BCUT2D eigenvalue weighted by molar-refractivity contribution is -0.113. The quantitative estimate of drug-likeness (QED) is 0.398. The third-order valence-electron chi connectivity index (χ3n) is 5.35. The number of carbonyl (C=O) groups is 1. The van der Waals surface area contributed by atoms with Crippen LogP contribution in [0.1, 0.15) is 11.1 Å². The Kier molecular flexibility index (Phi) is 5.43. The van der Waals surface area contributed by atoms with Crippen LogP contribution in [-0.4, -0.2) is 30.8 Å². The lowest BCUT2D eigenvalue weighted by Gasteiger charge is -2.11. The smallest absolute Gasteiger partial charge is 0.267 e. The number of hydrogen-bond donors (Lipinski definition) is 1. The maximum absolute atomic E-state index is 13.3. The maximum atomic E-state index is 13.3. The molecule has 3 aromatic carbocycles. The van der Waals surface area contributed by atoms with E-state index in [4.69, 9.17) is 0 Å². The van der Waals surface area contributed by atoms with Crippen molar-refractivity contribution in [1.82, 2.24) is 19.2 Å². The molecule has 5 aromatic rings. The van der Waals surface area contributed by atoms with E-state index in [1.165, 1.54) is 11.8 Å². The lowest BCUT2D eigenvalue weighted by Crippen LogP contribution is -2.22. The first-order chi connectivity index (χ1) is 16.0. The Balaban J connectivity index is 1.54. The van der Waals surface area contributed by atoms with Crippen molar-refractivity contribution in [2.45, 2.75) is 19.0 Å². The lowest BCUT2D eigenvalue weighted by atomic mass is 10.2. The monoisotopic (exact) mass is 455 g/mol. The van der Waals surface area contributed by atoms with E-state index in [0.717, 1.165) is 16.8 Å². The van der Waals surface area contributed by atoms with Crippen LogP contribution in [-0.2, 0) is 4.79 Å². The van der Waals surface area contributed by atoms with E-state index in [1.807, 2.05) is 85.0 Å². The van der Waals surface area contributed by atoms with Gasteiger partial charge in [-0.05, 0) is 50.2 Å². The molecule has 0 aliphatic heterocycles. The van der Waals surface area contributed by atoms with Gasteiger partial charge in [0.05, 0.1) is 22.3 Å². The van der Waals surface area contributed by atoms with Crippen LogP contribution in [0.25, 0.3) is 22.4 Å². The zero-order valence-corrected chi connectivity index (χ0v) is 19.0. The van der Waals surface area contributed by atoms with Crippen LogP contribution in [0.4, 0.5) is 5.69 Å². The molecule has 0 spiro atoms. The van der Waals surface area contributed by atoms with E-state index in [2.05, 4.69) is 15.5 Å². The number of benzene rings is 3. The Labute approximate surface area is 194 Å². The van der Waals surface area contributed by atoms with Gasteiger partial charge >= 0.3 is 0 Å². The fourth-order valence-corrected chi connectivity index (χ4v) is 4.40. The number of fused-ring (bicyclic) bond motifs is 3. The van der Waals surface area contributed by atoms with Crippen molar-refractivity contribution in [3.8, 4) is 5.69 Å². The van der Waals surface area contributed by atoms with Gasteiger partial charge in [-0.1, -0.05) is 59.3 Å². The molecule has 0 fully saturated rings. The largest absolute Gasteiger partial charge is 0.325 e. The molecule has 0 unspecified atom stereocenters. The van der Waals surface area contributed by atoms with Crippen LogP contribution < -0.4 is 10.9 Å². The highest BCUT2D eigenvalue weighted by Crippen LogP contribution is 2.23. The first kappa shape index (κ1) is 21.0. The van der Waals surface area contributed by atoms with Crippen molar-refractivity contribution >= 4 is 40.0 Å². The van der Waals surface area contributed by atoms with Crippen LogP contribution in [0.3, 0.4) is 0 Å². The van der Waals surface area contributed by atoms with Gasteiger partial charge in [-0.3, -0.25) is 14.0 Å². The molecule has 0 saturated carbocycles. The molecule has 0 radical (unpaired) electrons. The summed E-state index contributed by atoms with van der Waals surface area (Å²) >= 11 is 1.28. The molecule has 164 valence electrons. The average Bonchev–Trinajstić information content (AvgIpc) is 3.24. The molecule has 1 N–H and O–H groups in total. The number of amides is 1. The van der Waals surface area contributed by atoms with Gasteiger partial charge in [0, 0.05) is 5.69 Å². The van der Waals surface area contributed by atoms with Crippen LogP contribution >= 0.6 is 11.8 Å². The molecule has 33 heavy (non-hydrogen) atoms. The number of anilines is 1. The number of thioether (sulfide) groups is 1. The topological polar surface area (TPSA) is 81.3 Å². The summed E-state index contributed by atoms with van der Waals surface area (Å²) in [6.45, 7) is 3.99. The van der Waals surface area contributed by atoms with E-state index in [-0.39, 0.29) is 17.2 Å². The van der Waals surface area contributed by atoms with E-state index < -0.39 is 0 Å². The first-order valence-electron chi connectivity index (χ1n) is 10.5. The molecule has 2 aromatic heterocycles. The van der Waals surface area contributed by atoms with Crippen molar-refractivity contribution in [1.29, 1.82) is 0 Å². The summed E-state index contributed by atoms with van der Waals surface area (Å²) in [7, 11) is 0. The number of aryl methyl sites for hydroxylation is 2. The Morgan fingerprint density at radius 3 is 2.30 bits per heavy atom. The number of para-hydroxylation sites is 1. The van der Waals surface area contributed by atoms with E-state index in [1.54, 1.807) is 10.6 Å². The van der Waals surface area contributed by atoms with Gasteiger partial charge < -0.3 is 5.32 Å². The number of carbonyl (C=O) groups excluding carboxylic acids is 1. The molecule has 0 aliphatic carbocycles. The minimum absolute atomic E-state index is 0.142. The molecular formula is C25H21N5O2S. The minimum atomic E-state index is -0.164. The second-order valence-electron chi connectivity index (χ2n) is 7.81. The summed E-state index contributed by atoms with van der Waals surface area (Å²) in [4.78, 5) is 25.9. The fraction of sp³-hybridized carbons (Fsp3) is 0.120. The van der Waals surface area contributed by atoms with Crippen LogP contribution in [0.5, 0.6) is 0 Å². The second kappa shape index (κ2) is 8.55. The predicted molar refractivity (Wildman–Crippen MR) is 131 cm³/mol. The SMILES string of the molecule is Cc1ccc(NC(=O)CSc2nnc3n(-c4ccc(C)cc4)c(=O)c4ccccc4n23)cc1. The predicted octanol–water partition coefficient (Wildman–Crippen LogP) is 4.38. The first-order valence-corrected chi connectivity index (χ1v) is 11.4. The second-order valence-corrected chi connectivity index (χ2v) is 8.76. The van der Waals surface area contributed by atoms with E-state index in [0.29, 0.717) is 27.5 Å². The normalized spacial score (nSPS) is 11.2. The molecule has 0 saturated heterocycles. The molecular weight excluding hydrogens is 434 g/mol. The van der Waals surface area contributed by atoms with Crippen LogP contribution in [0.15, 0.2) is 82.7 Å². The fourth-order valence-electron chi connectivity index (χ4n) is 3.66. The molecule has 8 heteroatoms. The van der Waals surface area contributed by atoms with Crippen molar-refractivity contribution in [2.24, 2.45) is 0 Å². The van der Waals surface area contributed by atoms with Gasteiger partial charge in [0.2, 0.25) is 11.7 Å². The standard InChI is InChI=1S/C25H21N5O2S/c1-16-7-11-18(12-8-16)26-22(31)15-33-25-28-27-24-29(19-13-9-17(2)10-14-19)23(32)20-5-3-4-6-21(20)30(24)25/h3-14H,15H2,1-2H3,(H,26,31). The Hall–Kier alpha value is -3.91. The van der Waals surface area contributed by atoms with Crippen molar-refractivity contribution in [2.75, 3.05) is 11.1 Å². The summed E-state index contributed by atoms with van der Waals surface area (Å²) < 4.78 is 3.39. The summed E-state index contributed by atoms with van der Waals surface area (Å²) in [5, 5.41) is 12.6. The van der Waals surface area contributed by atoms with E-state index in [9.17, 15) is 9.59 Å². The zero-order valence-electron chi connectivity index (χ0n) is 18.1. The summed E-state index contributed by atoms with van der Waals surface area (Å²) in [5.74, 6) is 0.424. The molecule has 5 rings (SSSR count). The minimum Gasteiger partial charge on any atom is -0.325 e. The third-order valence-corrected chi connectivity index (χ3v) is 6.28. The highest BCUT2D eigenvalue weighted by atomic mass is 32.2. The number of rotatable bonds is 5. The molecule has 7 nitrogen and oxygen atoms in total. The zero-order chi connectivity index (χ0) is 22.9. The maximum Gasteiger partial charge on any atom is 0.267 e. The molecule has 0 aliphatic rings. The van der Waals surface area contributed by atoms with Gasteiger partial charge in [0.1, 0.15) is 0 Å². The number of nitrogens with one attached hydrogen (secondary N) is 1.